The van der Waals surface area contributed by atoms with E-state index in [1.807, 2.05) is 24.3 Å². The van der Waals surface area contributed by atoms with Gasteiger partial charge in [-0.05, 0) is 149 Å². The van der Waals surface area contributed by atoms with Crippen LogP contribution in [0.1, 0.15) is 86.5 Å². The molecule has 0 radical (unpaired) electrons. The normalized spacial score (nSPS) is 21.0. The van der Waals surface area contributed by atoms with Gasteiger partial charge in [0.25, 0.3) is 0 Å². The SMILES string of the molecule is C=CC(=O)OCCOC1CCC(C(=O)Oc2ccc(OC(=O)Oc3cccc4c3C3(CC4)CCc4cccc(OC(=O)Oc5ccc(OC(=O)C6CCC(OCOC(=O)C=C)CC6)cc5)c43)cc2)CC1. The van der Waals surface area contributed by atoms with E-state index in [1.165, 1.54) is 36.4 Å². The Kier molecular flexibility index (Phi) is 16.1. The molecule has 366 valence electrons. The third-order valence-corrected chi connectivity index (χ3v) is 13.2. The number of benzene rings is 4. The Hall–Kier alpha value is -7.30. The van der Waals surface area contributed by atoms with Crippen molar-refractivity contribution < 1.29 is 76.1 Å². The third kappa shape index (κ3) is 12.1. The molecule has 4 aliphatic carbocycles. The fourth-order valence-electron chi connectivity index (χ4n) is 9.83. The zero-order valence-electron chi connectivity index (χ0n) is 38.6. The molecule has 1 unspecified atom stereocenters. The number of carbonyl (C=O) groups excluding carboxylic acids is 6. The van der Waals surface area contributed by atoms with E-state index >= 15 is 0 Å². The fourth-order valence-corrected chi connectivity index (χ4v) is 9.83. The lowest BCUT2D eigenvalue weighted by molar-refractivity contribution is -0.157. The summed E-state index contributed by atoms with van der Waals surface area (Å²) >= 11 is 0. The number of carbonyl (C=O) groups is 6. The first-order valence-corrected chi connectivity index (χ1v) is 23.5. The van der Waals surface area contributed by atoms with E-state index in [-0.39, 0.29) is 67.5 Å². The molecule has 2 saturated carbocycles. The topological polar surface area (TPSA) is 195 Å². The van der Waals surface area contributed by atoms with Crippen LogP contribution in [-0.2, 0) is 56.4 Å². The van der Waals surface area contributed by atoms with Crippen LogP contribution in [0.2, 0.25) is 0 Å². The minimum absolute atomic E-state index is 0.0295. The summed E-state index contributed by atoms with van der Waals surface area (Å²) in [5, 5.41) is 0. The average molecular weight is 959 g/mol. The van der Waals surface area contributed by atoms with Crippen molar-refractivity contribution >= 4 is 36.2 Å². The highest BCUT2D eigenvalue weighted by molar-refractivity contribution is 5.81. The molecule has 0 saturated heterocycles. The summed E-state index contributed by atoms with van der Waals surface area (Å²) in [6.45, 7) is 6.95. The van der Waals surface area contributed by atoms with Crippen LogP contribution in [0.3, 0.4) is 0 Å². The van der Waals surface area contributed by atoms with Crippen LogP contribution in [0, 0.1) is 11.8 Å². The number of aryl methyl sites for hydroxylation is 2. The van der Waals surface area contributed by atoms with E-state index in [0.29, 0.717) is 100 Å². The summed E-state index contributed by atoms with van der Waals surface area (Å²) in [6.07, 6.45) is 7.77. The smallest absolute Gasteiger partial charge is 0.460 e. The van der Waals surface area contributed by atoms with Crippen molar-refractivity contribution in [2.45, 2.75) is 94.7 Å². The van der Waals surface area contributed by atoms with E-state index in [4.69, 9.17) is 47.4 Å². The van der Waals surface area contributed by atoms with Crippen LogP contribution in [0.15, 0.2) is 110 Å². The van der Waals surface area contributed by atoms with Crippen LogP contribution < -0.4 is 28.4 Å². The maximum absolute atomic E-state index is 13.4. The van der Waals surface area contributed by atoms with E-state index in [0.717, 1.165) is 34.4 Å². The van der Waals surface area contributed by atoms with Gasteiger partial charge in [-0.25, -0.2) is 19.2 Å². The molecule has 1 spiro atoms. The highest BCUT2D eigenvalue weighted by atomic mass is 16.7. The number of rotatable bonds is 17. The van der Waals surface area contributed by atoms with Gasteiger partial charge in [0.05, 0.1) is 30.7 Å². The minimum Gasteiger partial charge on any atom is -0.460 e. The fraction of sp³-hybridized carbons (Fsp3) is 0.370. The molecule has 4 aromatic rings. The standard InChI is InChI=1S/C54H54O16/c1-3-46(55)62-32-31-61-38-15-11-36(12-16-38)50(57)65-40-19-23-42(24-20-40)67-52(59)69-44-9-5-7-34-27-29-54(48(34)44)30-28-35-8-6-10-45(49(35)54)70-53(60)68-43-25-21-41(22-26-43)66-51(58)37-13-17-39(18-14-37)63-33-64-47(56)4-2/h3-10,19-26,36-39H,1-2,11-18,27-33H2. The summed E-state index contributed by atoms with van der Waals surface area (Å²) in [5.41, 5.74) is 3.02. The van der Waals surface area contributed by atoms with Gasteiger partial charge >= 0.3 is 36.2 Å². The third-order valence-electron chi connectivity index (χ3n) is 13.2. The Morgan fingerprint density at radius 1 is 0.486 bits per heavy atom. The van der Waals surface area contributed by atoms with Gasteiger partial charge in [0, 0.05) is 28.7 Å². The Bertz CT molecular complexity index is 2570. The van der Waals surface area contributed by atoms with E-state index in [2.05, 4.69) is 13.2 Å². The van der Waals surface area contributed by atoms with Crippen molar-refractivity contribution in [3.63, 3.8) is 0 Å². The molecule has 0 N–H and O–H groups in total. The molecule has 0 aromatic heterocycles. The van der Waals surface area contributed by atoms with Gasteiger partial charge in [-0.2, -0.15) is 0 Å². The van der Waals surface area contributed by atoms with Gasteiger partial charge < -0.3 is 47.4 Å². The average Bonchev–Trinajstić information content (AvgIpc) is 3.95. The molecular weight excluding hydrogens is 905 g/mol. The van der Waals surface area contributed by atoms with Gasteiger partial charge in [-0.15, -0.1) is 0 Å². The van der Waals surface area contributed by atoms with E-state index < -0.39 is 29.7 Å². The molecule has 2 fully saturated rings. The Morgan fingerprint density at radius 2 is 0.900 bits per heavy atom. The Morgan fingerprint density at radius 3 is 1.34 bits per heavy atom. The first-order chi connectivity index (χ1) is 34.0. The van der Waals surface area contributed by atoms with Crippen molar-refractivity contribution in [1.82, 2.24) is 0 Å². The lowest BCUT2D eigenvalue weighted by Crippen LogP contribution is -2.29. The second kappa shape index (κ2) is 22.9. The molecular formula is C54H54O16. The molecule has 16 nitrogen and oxygen atoms in total. The lowest BCUT2D eigenvalue weighted by Gasteiger charge is -2.29. The van der Waals surface area contributed by atoms with Crippen LogP contribution in [0.5, 0.6) is 34.5 Å². The van der Waals surface area contributed by atoms with Gasteiger partial charge in [0.15, 0.2) is 6.79 Å². The second-order valence-electron chi connectivity index (χ2n) is 17.5. The monoisotopic (exact) mass is 958 g/mol. The van der Waals surface area contributed by atoms with Gasteiger partial charge in [0.1, 0.15) is 41.1 Å². The zero-order chi connectivity index (χ0) is 49.0. The first kappa shape index (κ1) is 49.1. The van der Waals surface area contributed by atoms with Crippen molar-refractivity contribution in [3.05, 3.63) is 132 Å². The Labute approximate surface area is 404 Å². The zero-order valence-corrected chi connectivity index (χ0v) is 38.6. The molecule has 0 aliphatic heterocycles. The summed E-state index contributed by atoms with van der Waals surface area (Å²) in [4.78, 5) is 75.0. The van der Waals surface area contributed by atoms with E-state index in [9.17, 15) is 28.8 Å². The summed E-state index contributed by atoms with van der Waals surface area (Å²) in [7, 11) is 0. The molecule has 8 rings (SSSR count). The van der Waals surface area contributed by atoms with Crippen LogP contribution in [0.4, 0.5) is 9.59 Å². The largest absolute Gasteiger partial charge is 0.519 e. The summed E-state index contributed by atoms with van der Waals surface area (Å²) < 4.78 is 55.4. The number of hydrogen-bond acceptors (Lipinski definition) is 16. The molecule has 4 aliphatic rings. The van der Waals surface area contributed by atoms with Crippen molar-refractivity contribution in [2.75, 3.05) is 20.0 Å². The quantitative estimate of drug-likeness (QED) is 0.0242. The van der Waals surface area contributed by atoms with Gasteiger partial charge in [-0.1, -0.05) is 37.4 Å². The van der Waals surface area contributed by atoms with E-state index in [1.54, 1.807) is 24.3 Å². The predicted octanol–water partition coefficient (Wildman–Crippen LogP) is 9.40. The number of esters is 4. The van der Waals surface area contributed by atoms with Gasteiger partial charge in [-0.3, -0.25) is 9.59 Å². The Balaban J connectivity index is 0.829. The molecule has 0 amide bonds. The summed E-state index contributed by atoms with van der Waals surface area (Å²) in [6, 6.07) is 23.3. The molecule has 70 heavy (non-hydrogen) atoms. The second-order valence-corrected chi connectivity index (χ2v) is 17.5. The number of fused-ring (bicyclic) bond motifs is 4. The number of hydrogen-bond donors (Lipinski definition) is 0. The minimum atomic E-state index is -0.957. The lowest BCUT2D eigenvalue weighted by atomic mass is 9.76. The van der Waals surface area contributed by atoms with Crippen LogP contribution >= 0.6 is 0 Å². The number of ether oxygens (including phenoxy) is 10. The molecule has 4 aromatic carbocycles. The van der Waals surface area contributed by atoms with Crippen molar-refractivity contribution in [2.24, 2.45) is 11.8 Å². The van der Waals surface area contributed by atoms with Crippen LogP contribution in [-0.4, -0.2) is 68.4 Å². The van der Waals surface area contributed by atoms with Crippen LogP contribution in [0.25, 0.3) is 0 Å². The van der Waals surface area contributed by atoms with Crippen molar-refractivity contribution in [3.8, 4) is 34.5 Å². The molecule has 0 bridgehead atoms. The molecule has 16 heteroatoms. The highest BCUT2D eigenvalue weighted by Crippen LogP contribution is 2.57. The maximum atomic E-state index is 13.4. The highest BCUT2D eigenvalue weighted by Gasteiger charge is 2.49. The summed E-state index contributed by atoms with van der Waals surface area (Å²) in [5.74, 6) is -0.754. The first-order valence-electron chi connectivity index (χ1n) is 23.5. The molecule has 0 heterocycles. The maximum Gasteiger partial charge on any atom is 0.519 e. The van der Waals surface area contributed by atoms with Gasteiger partial charge in [0.2, 0.25) is 0 Å². The predicted molar refractivity (Wildman–Crippen MR) is 249 cm³/mol. The molecule has 1 atom stereocenters. The van der Waals surface area contributed by atoms with Crippen molar-refractivity contribution in [1.29, 1.82) is 0 Å².